The molecule has 0 saturated carbocycles. The second kappa shape index (κ2) is 8.32. The summed E-state index contributed by atoms with van der Waals surface area (Å²) in [6.07, 6.45) is 4.26. The van der Waals surface area contributed by atoms with Crippen LogP contribution in [0.5, 0.6) is 0 Å². The Hall–Kier alpha value is -2.91. The predicted octanol–water partition coefficient (Wildman–Crippen LogP) is 3.72. The number of sulfonamides is 1. The Morgan fingerprint density at radius 1 is 1.13 bits per heavy atom. The highest BCUT2D eigenvalue weighted by Crippen LogP contribution is 2.25. The quantitative estimate of drug-likeness (QED) is 0.649. The Morgan fingerprint density at radius 3 is 2.55 bits per heavy atom. The summed E-state index contributed by atoms with van der Waals surface area (Å²) in [4.78, 5) is 17.4. The first-order valence-electron chi connectivity index (χ1n) is 10.3. The molecule has 1 aliphatic rings. The van der Waals surface area contributed by atoms with E-state index in [1.54, 1.807) is 25.2 Å². The minimum atomic E-state index is -3.60. The van der Waals surface area contributed by atoms with Crippen molar-refractivity contribution in [1.82, 2.24) is 13.9 Å². The second-order valence-electron chi connectivity index (χ2n) is 7.83. The van der Waals surface area contributed by atoms with Gasteiger partial charge < -0.3 is 14.3 Å². The van der Waals surface area contributed by atoms with Gasteiger partial charge in [0.05, 0.1) is 5.69 Å². The number of anilines is 1. The molecular formula is C22H26N4O4S. The van der Waals surface area contributed by atoms with E-state index in [2.05, 4.69) is 10.3 Å². The third-order valence-electron chi connectivity index (χ3n) is 5.56. The minimum Gasteiger partial charge on any atom is -0.441 e. The molecule has 1 fully saturated rings. The van der Waals surface area contributed by atoms with Crippen LogP contribution in [0.4, 0.5) is 5.69 Å². The van der Waals surface area contributed by atoms with Gasteiger partial charge in [0.15, 0.2) is 0 Å². The molecule has 1 aliphatic heterocycles. The van der Waals surface area contributed by atoms with Crippen LogP contribution in [0.15, 0.2) is 45.8 Å². The van der Waals surface area contributed by atoms with E-state index in [1.807, 2.05) is 19.9 Å². The third kappa shape index (κ3) is 4.28. The van der Waals surface area contributed by atoms with E-state index >= 15 is 0 Å². The largest absolute Gasteiger partial charge is 0.441 e. The Bertz CT molecular complexity index is 1200. The summed E-state index contributed by atoms with van der Waals surface area (Å²) in [5, 5.41) is 2.84. The van der Waals surface area contributed by atoms with Gasteiger partial charge in [-0.15, -0.1) is 0 Å². The SMILES string of the molecule is Cc1nc(-c2cccc(NC(=O)c3cc(S(=O)(=O)N4CCCCC4)cn3C)c2)oc1C. The fraction of sp³-hybridized carbons (Fsp3) is 0.364. The van der Waals surface area contributed by atoms with Gasteiger partial charge in [0, 0.05) is 37.6 Å². The van der Waals surface area contributed by atoms with Crippen molar-refractivity contribution >= 4 is 21.6 Å². The lowest BCUT2D eigenvalue weighted by Gasteiger charge is -2.25. The van der Waals surface area contributed by atoms with Crippen LogP contribution in [0.2, 0.25) is 0 Å². The topological polar surface area (TPSA) is 97.4 Å². The van der Waals surface area contributed by atoms with Crippen molar-refractivity contribution in [2.45, 2.75) is 38.0 Å². The van der Waals surface area contributed by atoms with Crippen LogP contribution < -0.4 is 5.32 Å². The summed E-state index contributed by atoms with van der Waals surface area (Å²) in [7, 11) is -1.94. The van der Waals surface area contributed by atoms with Gasteiger partial charge in [0.25, 0.3) is 5.91 Å². The standard InChI is InChI=1S/C22H26N4O4S/c1-15-16(2)30-22(23-15)17-8-7-9-18(12-17)24-21(27)20-13-19(14-25(20)3)31(28,29)26-10-5-4-6-11-26/h7-9,12-14H,4-6,10-11H2,1-3H3,(H,24,27). The Labute approximate surface area is 181 Å². The number of rotatable bonds is 5. The Balaban J connectivity index is 1.55. The van der Waals surface area contributed by atoms with Crippen LogP contribution in [0.3, 0.4) is 0 Å². The summed E-state index contributed by atoms with van der Waals surface area (Å²) in [6, 6.07) is 8.63. The van der Waals surface area contributed by atoms with Gasteiger partial charge in [0.2, 0.25) is 15.9 Å². The number of oxazole rings is 1. The van der Waals surface area contributed by atoms with E-state index < -0.39 is 10.0 Å². The average molecular weight is 443 g/mol. The zero-order valence-electron chi connectivity index (χ0n) is 17.9. The van der Waals surface area contributed by atoms with E-state index in [9.17, 15) is 13.2 Å². The summed E-state index contributed by atoms with van der Waals surface area (Å²) < 4.78 is 34.6. The highest BCUT2D eigenvalue weighted by atomic mass is 32.2. The van der Waals surface area contributed by atoms with E-state index in [0.29, 0.717) is 24.7 Å². The molecule has 9 heteroatoms. The molecule has 0 spiro atoms. The number of piperidine rings is 1. The van der Waals surface area contributed by atoms with Gasteiger partial charge in [-0.25, -0.2) is 13.4 Å². The van der Waals surface area contributed by atoms with Gasteiger partial charge in [-0.1, -0.05) is 12.5 Å². The number of carbonyl (C=O) groups is 1. The molecule has 0 atom stereocenters. The van der Waals surface area contributed by atoms with Gasteiger partial charge in [-0.05, 0) is 51.0 Å². The lowest BCUT2D eigenvalue weighted by atomic mass is 10.2. The fourth-order valence-electron chi connectivity index (χ4n) is 3.68. The van der Waals surface area contributed by atoms with Crippen LogP contribution in [0.25, 0.3) is 11.5 Å². The molecule has 8 nitrogen and oxygen atoms in total. The molecule has 1 amide bonds. The molecular weight excluding hydrogens is 416 g/mol. The maximum atomic E-state index is 12.9. The predicted molar refractivity (Wildman–Crippen MR) is 117 cm³/mol. The van der Waals surface area contributed by atoms with Crippen molar-refractivity contribution in [1.29, 1.82) is 0 Å². The highest BCUT2D eigenvalue weighted by Gasteiger charge is 2.28. The van der Waals surface area contributed by atoms with Crippen molar-refractivity contribution < 1.29 is 17.6 Å². The maximum absolute atomic E-state index is 12.9. The van der Waals surface area contributed by atoms with E-state index in [-0.39, 0.29) is 16.5 Å². The summed E-state index contributed by atoms with van der Waals surface area (Å²) in [5.41, 5.74) is 2.39. The van der Waals surface area contributed by atoms with Gasteiger partial charge in [0.1, 0.15) is 16.3 Å². The maximum Gasteiger partial charge on any atom is 0.272 e. The van der Waals surface area contributed by atoms with Gasteiger partial charge in [-0.2, -0.15) is 4.31 Å². The molecule has 3 aromatic rings. The molecule has 164 valence electrons. The Morgan fingerprint density at radius 2 is 1.87 bits per heavy atom. The van der Waals surface area contributed by atoms with Gasteiger partial charge in [-0.3, -0.25) is 4.79 Å². The lowest BCUT2D eigenvalue weighted by Crippen LogP contribution is -2.35. The summed E-state index contributed by atoms with van der Waals surface area (Å²) in [5.74, 6) is 0.843. The smallest absolute Gasteiger partial charge is 0.272 e. The fourth-order valence-corrected chi connectivity index (χ4v) is 5.27. The third-order valence-corrected chi connectivity index (χ3v) is 7.43. The van der Waals surface area contributed by atoms with Crippen LogP contribution in [0.1, 0.15) is 41.2 Å². The monoisotopic (exact) mass is 442 g/mol. The first-order chi connectivity index (χ1) is 14.8. The van der Waals surface area contributed by atoms with Crippen molar-refractivity contribution in [2.75, 3.05) is 18.4 Å². The number of aromatic nitrogens is 2. The minimum absolute atomic E-state index is 0.140. The molecule has 1 aromatic carbocycles. The first-order valence-corrected chi connectivity index (χ1v) is 11.7. The molecule has 0 bridgehead atoms. The van der Waals surface area contributed by atoms with E-state index in [0.717, 1.165) is 36.3 Å². The van der Waals surface area contributed by atoms with Crippen LogP contribution in [0, 0.1) is 13.8 Å². The van der Waals surface area contributed by atoms with E-state index in [4.69, 9.17) is 4.42 Å². The van der Waals surface area contributed by atoms with Crippen LogP contribution in [-0.2, 0) is 17.1 Å². The van der Waals surface area contributed by atoms with Crippen LogP contribution in [-0.4, -0.2) is 41.3 Å². The lowest BCUT2D eigenvalue weighted by molar-refractivity contribution is 0.101. The summed E-state index contributed by atoms with van der Waals surface area (Å²) in [6.45, 7) is 4.76. The van der Waals surface area contributed by atoms with Crippen molar-refractivity contribution in [3.05, 3.63) is 53.7 Å². The number of nitrogens with zero attached hydrogens (tertiary/aromatic N) is 3. The number of hydrogen-bond acceptors (Lipinski definition) is 5. The molecule has 4 rings (SSSR count). The molecule has 2 aromatic heterocycles. The van der Waals surface area contributed by atoms with Crippen LogP contribution >= 0.6 is 0 Å². The molecule has 1 saturated heterocycles. The second-order valence-corrected chi connectivity index (χ2v) is 9.77. The molecule has 1 N–H and O–H groups in total. The number of hydrogen-bond donors (Lipinski definition) is 1. The van der Waals surface area contributed by atoms with E-state index in [1.165, 1.54) is 21.1 Å². The molecule has 3 heterocycles. The normalized spacial score (nSPS) is 15.2. The molecule has 0 aliphatic carbocycles. The van der Waals surface area contributed by atoms with Crippen molar-refractivity contribution in [2.24, 2.45) is 7.05 Å². The highest BCUT2D eigenvalue weighted by molar-refractivity contribution is 7.89. The number of aryl methyl sites for hydroxylation is 3. The Kier molecular flexibility index (Phi) is 5.72. The van der Waals surface area contributed by atoms with Crippen molar-refractivity contribution in [3.8, 4) is 11.5 Å². The average Bonchev–Trinajstić information content (AvgIpc) is 3.31. The zero-order chi connectivity index (χ0) is 22.2. The number of benzene rings is 1. The molecule has 0 radical (unpaired) electrons. The zero-order valence-corrected chi connectivity index (χ0v) is 18.7. The van der Waals surface area contributed by atoms with Crippen molar-refractivity contribution in [3.63, 3.8) is 0 Å². The number of nitrogens with one attached hydrogen (secondary N) is 1. The van der Waals surface area contributed by atoms with Gasteiger partial charge >= 0.3 is 0 Å². The number of carbonyl (C=O) groups excluding carboxylic acids is 1. The number of amides is 1. The molecule has 0 unspecified atom stereocenters. The summed E-state index contributed by atoms with van der Waals surface area (Å²) >= 11 is 0. The molecule has 31 heavy (non-hydrogen) atoms. The first kappa shape index (κ1) is 21.3.